The van der Waals surface area contributed by atoms with Crippen molar-refractivity contribution in [3.05, 3.63) is 15.0 Å². The number of nitrogens with zero attached hydrogens (tertiary/aromatic N) is 2. The Morgan fingerprint density at radius 2 is 2.21 bits per heavy atom. The summed E-state index contributed by atoms with van der Waals surface area (Å²) in [6.07, 6.45) is 1.88. The van der Waals surface area contributed by atoms with E-state index < -0.39 is 0 Å². The molecule has 0 aliphatic carbocycles. The quantitative estimate of drug-likeness (QED) is 0.901. The van der Waals surface area contributed by atoms with E-state index in [1.165, 1.54) is 5.01 Å². The summed E-state index contributed by atoms with van der Waals surface area (Å²) in [5, 5.41) is 4.54. The van der Waals surface area contributed by atoms with Gasteiger partial charge in [0.2, 0.25) is 0 Å². The number of hydrogen-bond donors (Lipinski definition) is 1. The molecular formula is C8H13BrClN3S. The summed E-state index contributed by atoms with van der Waals surface area (Å²) in [6, 6.07) is 0. The molecule has 0 atom stereocenters. The maximum Gasteiger partial charge on any atom is 0.108 e. The zero-order valence-electron chi connectivity index (χ0n) is 7.70. The zero-order chi connectivity index (χ0) is 9.10. The van der Waals surface area contributed by atoms with Crippen LogP contribution in [0, 0.1) is 0 Å². The van der Waals surface area contributed by atoms with E-state index >= 15 is 0 Å². The van der Waals surface area contributed by atoms with Crippen molar-refractivity contribution in [3.8, 4) is 0 Å². The van der Waals surface area contributed by atoms with E-state index in [4.69, 9.17) is 0 Å². The molecule has 80 valence electrons. The standard InChI is InChI=1S/C8H12BrN3S.ClH/c9-7-5-11-8(13-7)6-12-3-1-10-2-4-12;/h5,10H,1-4,6H2;1H. The number of aromatic nitrogens is 1. The Kier molecular flexibility index (Phi) is 5.33. The monoisotopic (exact) mass is 297 g/mol. The highest BCUT2D eigenvalue weighted by Gasteiger charge is 2.11. The van der Waals surface area contributed by atoms with Gasteiger partial charge >= 0.3 is 0 Å². The predicted octanol–water partition coefficient (Wildman–Crippen LogP) is 1.73. The Balaban J connectivity index is 0.000000980. The minimum atomic E-state index is 0. The smallest absolute Gasteiger partial charge is 0.108 e. The molecule has 0 amide bonds. The van der Waals surface area contributed by atoms with Gasteiger partial charge in [-0.1, -0.05) is 0 Å². The molecule has 1 aliphatic heterocycles. The van der Waals surface area contributed by atoms with Crippen molar-refractivity contribution in [2.45, 2.75) is 6.54 Å². The fourth-order valence-electron chi connectivity index (χ4n) is 1.42. The Labute approximate surface area is 102 Å². The van der Waals surface area contributed by atoms with Gasteiger partial charge in [-0.2, -0.15) is 0 Å². The normalized spacial score (nSPS) is 17.8. The average molecular weight is 299 g/mol. The molecule has 1 N–H and O–H groups in total. The summed E-state index contributed by atoms with van der Waals surface area (Å²) in [7, 11) is 0. The van der Waals surface area contributed by atoms with Crippen molar-refractivity contribution in [2.75, 3.05) is 26.2 Å². The van der Waals surface area contributed by atoms with Gasteiger partial charge in [0, 0.05) is 26.2 Å². The summed E-state index contributed by atoms with van der Waals surface area (Å²) in [6.45, 7) is 5.48. The molecule has 1 aliphatic rings. The third-order valence-electron chi connectivity index (χ3n) is 2.09. The van der Waals surface area contributed by atoms with E-state index in [2.05, 4.69) is 31.1 Å². The topological polar surface area (TPSA) is 28.2 Å². The molecule has 2 heterocycles. The highest BCUT2D eigenvalue weighted by atomic mass is 79.9. The van der Waals surface area contributed by atoms with E-state index in [1.54, 1.807) is 11.3 Å². The van der Waals surface area contributed by atoms with Crippen LogP contribution < -0.4 is 5.32 Å². The second-order valence-electron chi connectivity index (χ2n) is 3.08. The third kappa shape index (κ3) is 3.47. The first-order valence-corrected chi connectivity index (χ1v) is 5.99. The third-order valence-corrected chi connectivity index (χ3v) is 3.55. The van der Waals surface area contributed by atoms with Crippen molar-refractivity contribution in [1.82, 2.24) is 15.2 Å². The highest BCUT2D eigenvalue weighted by molar-refractivity contribution is 9.11. The van der Waals surface area contributed by atoms with Crippen LogP contribution in [0.15, 0.2) is 9.98 Å². The first kappa shape index (κ1) is 12.4. The average Bonchev–Trinajstić information content (AvgIpc) is 2.53. The van der Waals surface area contributed by atoms with Gasteiger partial charge < -0.3 is 5.32 Å². The van der Waals surface area contributed by atoms with Gasteiger partial charge in [0.15, 0.2) is 0 Å². The molecule has 0 spiro atoms. The molecule has 1 saturated heterocycles. The Morgan fingerprint density at radius 3 is 2.79 bits per heavy atom. The molecule has 3 nitrogen and oxygen atoms in total. The van der Waals surface area contributed by atoms with Crippen LogP contribution in [0.2, 0.25) is 0 Å². The number of piperazine rings is 1. The summed E-state index contributed by atoms with van der Waals surface area (Å²) >= 11 is 5.15. The van der Waals surface area contributed by atoms with Crippen molar-refractivity contribution < 1.29 is 0 Å². The Morgan fingerprint density at radius 1 is 1.50 bits per heavy atom. The molecule has 0 bridgehead atoms. The number of halogens is 2. The minimum Gasteiger partial charge on any atom is -0.314 e. The Bertz CT molecular complexity index is 275. The second kappa shape index (κ2) is 6.02. The van der Waals surface area contributed by atoms with Gasteiger partial charge in [-0.05, 0) is 15.9 Å². The van der Waals surface area contributed by atoms with E-state index in [0.717, 1.165) is 36.5 Å². The SMILES string of the molecule is Brc1cnc(CN2CCNCC2)s1.Cl. The maximum absolute atomic E-state index is 4.32. The molecular weight excluding hydrogens is 286 g/mol. The zero-order valence-corrected chi connectivity index (χ0v) is 10.9. The lowest BCUT2D eigenvalue weighted by atomic mass is 10.4. The van der Waals surface area contributed by atoms with Gasteiger partial charge in [-0.3, -0.25) is 4.90 Å². The molecule has 0 radical (unpaired) electrons. The lowest BCUT2D eigenvalue weighted by Crippen LogP contribution is -2.42. The van der Waals surface area contributed by atoms with E-state index in [9.17, 15) is 0 Å². The minimum absolute atomic E-state index is 0. The van der Waals surface area contributed by atoms with Crippen molar-refractivity contribution >= 4 is 39.7 Å². The first-order valence-electron chi connectivity index (χ1n) is 4.38. The van der Waals surface area contributed by atoms with Gasteiger partial charge in [0.05, 0.1) is 16.5 Å². The first-order chi connectivity index (χ1) is 6.34. The molecule has 0 aromatic carbocycles. The van der Waals surface area contributed by atoms with Crippen LogP contribution in [0.25, 0.3) is 0 Å². The summed E-state index contributed by atoms with van der Waals surface area (Å²) < 4.78 is 1.12. The number of nitrogens with one attached hydrogen (secondary N) is 1. The largest absolute Gasteiger partial charge is 0.314 e. The molecule has 0 saturated carbocycles. The van der Waals surface area contributed by atoms with Crippen LogP contribution in [0.5, 0.6) is 0 Å². The van der Waals surface area contributed by atoms with Gasteiger partial charge in [0.25, 0.3) is 0 Å². The van der Waals surface area contributed by atoms with Crippen LogP contribution in [-0.2, 0) is 6.54 Å². The van der Waals surface area contributed by atoms with Crippen molar-refractivity contribution in [1.29, 1.82) is 0 Å². The number of rotatable bonds is 2. The number of hydrogen-bond acceptors (Lipinski definition) is 4. The second-order valence-corrected chi connectivity index (χ2v) is 5.58. The predicted molar refractivity (Wildman–Crippen MR) is 65.2 cm³/mol. The van der Waals surface area contributed by atoms with Gasteiger partial charge in [0.1, 0.15) is 5.01 Å². The van der Waals surface area contributed by atoms with E-state index in [-0.39, 0.29) is 12.4 Å². The lowest BCUT2D eigenvalue weighted by Gasteiger charge is -2.25. The molecule has 1 fully saturated rings. The van der Waals surface area contributed by atoms with Crippen LogP contribution >= 0.6 is 39.7 Å². The fraction of sp³-hybridized carbons (Fsp3) is 0.625. The lowest BCUT2D eigenvalue weighted by molar-refractivity contribution is 0.233. The molecule has 14 heavy (non-hydrogen) atoms. The summed E-state index contributed by atoms with van der Waals surface area (Å²) in [4.78, 5) is 6.75. The van der Waals surface area contributed by atoms with E-state index in [0.29, 0.717) is 0 Å². The van der Waals surface area contributed by atoms with Crippen LogP contribution in [0.3, 0.4) is 0 Å². The van der Waals surface area contributed by atoms with E-state index in [1.807, 2.05) is 6.20 Å². The highest BCUT2D eigenvalue weighted by Crippen LogP contribution is 2.20. The van der Waals surface area contributed by atoms with Crippen LogP contribution in [0.1, 0.15) is 5.01 Å². The Hall–Kier alpha value is 0.320. The summed E-state index contributed by atoms with van der Waals surface area (Å²) in [5.74, 6) is 0. The molecule has 6 heteroatoms. The summed E-state index contributed by atoms with van der Waals surface area (Å²) in [5.41, 5.74) is 0. The number of thiazole rings is 1. The van der Waals surface area contributed by atoms with Gasteiger partial charge in [-0.15, -0.1) is 23.7 Å². The molecule has 1 aromatic rings. The van der Waals surface area contributed by atoms with Crippen LogP contribution in [0.4, 0.5) is 0 Å². The van der Waals surface area contributed by atoms with Crippen molar-refractivity contribution in [3.63, 3.8) is 0 Å². The van der Waals surface area contributed by atoms with Crippen LogP contribution in [-0.4, -0.2) is 36.1 Å². The molecule has 0 unspecified atom stereocenters. The van der Waals surface area contributed by atoms with Gasteiger partial charge in [-0.25, -0.2) is 4.98 Å². The maximum atomic E-state index is 4.32. The molecule has 1 aromatic heterocycles. The fourth-order valence-corrected chi connectivity index (χ4v) is 2.77. The van der Waals surface area contributed by atoms with Crippen molar-refractivity contribution in [2.24, 2.45) is 0 Å². The molecule has 2 rings (SSSR count).